The Hall–Kier alpha value is -1.72. The van der Waals surface area contributed by atoms with Gasteiger partial charge in [-0.05, 0) is 29.8 Å². The van der Waals surface area contributed by atoms with Gasteiger partial charge in [0, 0.05) is 11.3 Å². The number of rotatable bonds is 3. The Labute approximate surface area is 126 Å². The largest absolute Gasteiger partial charge is 0.490 e. The normalized spacial score (nSPS) is 13.8. The minimum Gasteiger partial charge on any atom is -0.490 e. The Morgan fingerprint density at radius 3 is 2.71 bits per heavy atom. The first kappa shape index (κ1) is 14.2. The molecule has 0 radical (unpaired) electrons. The molecule has 3 rings (SSSR count). The van der Waals surface area contributed by atoms with Gasteiger partial charge in [0.05, 0.1) is 24.7 Å². The third kappa shape index (κ3) is 3.14. The highest BCUT2D eigenvalue weighted by Crippen LogP contribution is 2.38. The second kappa shape index (κ2) is 6.37. The van der Waals surface area contributed by atoms with Crippen molar-refractivity contribution in [1.82, 2.24) is 0 Å². The van der Waals surface area contributed by atoms with E-state index in [0.717, 1.165) is 11.3 Å². The molecule has 0 fully saturated rings. The van der Waals surface area contributed by atoms with Crippen LogP contribution in [0, 0.1) is 5.82 Å². The van der Waals surface area contributed by atoms with Crippen LogP contribution in [0.3, 0.4) is 0 Å². The molecule has 1 aliphatic heterocycles. The van der Waals surface area contributed by atoms with Crippen molar-refractivity contribution in [1.29, 1.82) is 0 Å². The van der Waals surface area contributed by atoms with E-state index in [-0.39, 0.29) is 12.4 Å². The van der Waals surface area contributed by atoms with Crippen LogP contribution in [0.5, 0.6) is 11.5 Å². The van der Waals surface area contributed by atoms with Crippen LogP contribution < -0.4 is 9.47 Å². The van der Waals surface area contributed by atoms with Crippen molar-refractivity contribution in [2.45, 2.75) is 22.8 Å². The van der Waals surface area contributed by atoms with Crippen LogP contribution >= 0.6 is 11.8 Å². The maximum atomic E-state index is 13.9. The van der Waals surface area contributed by atoms with Crippen molar-refractivity contribution < 1.29 is 19.0 Å². The first-order valence-electron chi connectivity index (χ1n) is 6.73. The minimum absolute atomic E-state index is 0.190. The predicted molar refractivity (Wildman–Crippen MR) is 78.5 cm³/mol. The first-order chi connectivity index (χ1) is 10.3. The summed E-state index contributed by atoms with van der Waals surface area (Å²) in [6.07, 6.45) is 0.846. The molecule has 1 N–H and O–H groups in total. The van der Waals surface area contributed by atoms with Crippen molar-refractivity contribution in [3.63, 3.8) is 0 Å². The van der Waals surface area contributed by atoms with Gasteiger partial charge in [-0.25, -0.2) is 4.39 Å². The Bertz CT molecular complexity index is 645. The third-order valence-corrected chi connectivity index (χ3v) is 4.31. The van der Waals surface area contributed by atoms with Crippen LogP contribution in [-0.2, 0) is 6.61 Å². The van der Waals surface area contributed by atoms with Crippen LogP contribution in [0.2, 0.25) is 0 Å². The molecule has 0 saturated carbocycles. The Morgan fingerprint density at radius 1 is 1.10 bits per heavy atom. The Balaban J connectivity index is 1.90. The summed E-state index contributed by atoms with van der Waals surface area (Å²) in [7, 11) is 0. The van der Waals surface area contributed by atoms with E-state index >= 15 is 0 Å². The van der Waals surface area contributed by atoms with Crippen LogP contribution in [0.25, 0.3) is 0 Å². The van der Waals surface area contributed by atoms with Crippen molar-refractivity contribution in [2.75, 3.05) is 13.2 Å². The number of aliphatic hydroxyl groups is 1. The molecule has 0 aliphatic carbocycles. The van der Waals surface area contributed by atoms with Gasteiger partial charge in [-0.15, -0.1) is 0 Å². The number of hydrogen-bond donors (Lipinski definition) is 1. The van der Waals surface area contributed by atoms with E-state index in [2.05, 4.69) is 0 Å². The predicted octanol–water partition coefficient (Wildman–Crippen LogP) is 3.63. The van der Waals surface area contributed by atoms with Gasteiger partial charge in [-0.1, -0.05) is 23.9 Å². The summed E-state index contributed by atoms with van der Waals surface area (Å²) in [5.41, 5.74) is 0.576. The summed E-state index contributed by atoms with van der Waals surface area (Å²) in [4.78, 5) is 1.29. The molecule has 3 nitrogen and oxygen atoms in total. The third-order valence-electron chi connectivity index (χ3n) is 3.16. The van der Waals surface area contributed by atoms with E-state index in [1.54, 1.807) is 12.1 Å². The maximum absolute atomic E-state index is 13.9. The average molecular weight is 306 g/mol. The molecule has 0 unspecified atom stereocenters. The summed E-state index contributed by atoms with van der Waals surface area (Å²) in [6, 6.07) is 10.3. The maximum Gasteiger partial charge on any atom is 0.162 e. The lowest BCUT2D eigenvalue weighted by Crippen LogP contribution is -1.97. The molecule has 0 atom stereocenters. The Morgan fingerprint density at radius 2 is 1.90 bits per heavy atom. The van der Waals surface area contributed by atoms with Gasteiger partial charge in [-0.3, -0.25) is 0 Å². The van der Waals surface area contributed by atoms with E-state index in [0.29, 0.717) is 35.2 Å². The smallest absolute Gasteiger partial charge is 0.162 e. The minimum atomic E-state index is -0.335. The molecular formula is C16H15FO3S. The zero-order valence-corrected chi connectivity index (χ0v) is 12.2. The highest BCUT2D eigenvalue weighted by atomic mass is 32.2. The molecule has 2 aromatic rings. The second-order valence-electron chi connectivity index (χ2n) is 4.65. The monoisotopic (exact) mass is 306 g/mol. The summed E-state index contributed by atoms with van der Waals surface area (Å²) in [5, 5.41) is 9.33. The second-order valence-corrected chi connectivity index (χ2v) is 5.73. The highest BCUT2D eigenvalue weighted by molar-refractivity contribution is 7.99. The topological polar surface area (TPSA) is 38.7 Å². The molecule has 0 bridgehead atoms. The quantitative estimate of drug-likeness (QED) is 0.940. The fraction of sp³-hybridized carbons (Fsp3) is 0.250. The molecule has 0 amide bonds. The summed E-state index contributed by atoms with van der Waals surface area (Å²) < 4.78 is 25.1. The van der Waals surface area contributed by atoms with Crippen molar-refractivity contribution >= 4 is 11.8 Å². The number of hydrogen-bond acceptors (Lipinski definition) is 4. The summed E-state index contributed by atoms with van der Waals surface area (Å²) in [6.45, 7) is 1.06. The number of aliphatic hydroxyl groups excluding tert-OH is 1. The van der Waals surface area contributed by atoms with Crippen LogP contribution in [0.4, 0.5) is 4.39 Å². The molecule has 1 aliphatic rings. The van der Waals surface area contributed by atoms with Gasteiger partial charge < -0.3 is 14.6 Å². The fourth-order valence-corrected chi connectivity index (χ4v) is 3.08. The lowest BCUT2D eigenvalue weighted by Gasteiger charge is -2.11. The molecular weight excluding hydrogens is 291 g/mol. The van der Waals surface area contributed by atoms with E-state index in [9.17, 15) is 9.50 Å². The highest BCUT2D eigenvalue weighted by Gasteiger charge is 2.14. The average Bonchev–Trinajstić information content (AvgIpc) is 2.74. The van der Waals surface area contributed by atoms with E-state index in [1.165, 1.54) is 17.8 Å². The van der Waals surface area contributed by atoms with Gasteiger partial charge in [0.2, 0.25) is 0 Å². The molecule has 0 aromatic heterocycles. The van der Waals surface area contributed by atoms with Crippen LogP contribution in [0.15, 0.2) is 46.2 Å². The fourth-order valence-electron chi connectivity index (χ4n) is 2.12. The number of ether oxygens (including phenoxy) is 2. The van der Waals surface area contributed by atoms with Gasteiger partial charge in [0.1, 0.15) is 5.82 Å². The lowest BCUT2D eigenvalue weighted by molar-refractivity contribution is 0.277. The van der Waals surface area contributed by atoms with Gasteiger partial charge in [-0.2, -0.15) is 0 Å². The first-order valence-corrected chi connectivity index (χ1v) is 7.55. The standard InChI is InChI=1S/C16H15FO3S/c17-13-4-1-3-11(10-18)16(13)21-12-5-6-14-15(9-12)20-8-2-7-19-14/h1,3-6,9,18H,2,7-8,10H2. The lowest BCUT2D eigenvalue weighted by atomic mass is 10.2. The SMILES string of the molecule is OCc1cccc(F)c1Sc1ccc2c(c1)OCCCO2. The van der Waals surface area contributed by atoms with Crippen molar-refractivity contribution in [3.05, 3.63) is 47.8 Å². The van der Waals surface area contributed by atoms with Crippen molar-refractivity contribution in [2.24, 2.45) is 0 Å². The van der Waals surface area contributed by atoms with Crippen LogP contribution in [0.1, 0.15) is 12.0 Å². The van der Waals surface area contributed by atoms with E-state index in [1.807, 2.05) is 18.2 Å². The molecule has 21 heavy (non-hydrogen) atoms. The molecule has 0 spiro atoms. The molecule has 2 aromatic carbocycles. The summed E-state index contributed by atoms with van der Waals surface area (Å²) in [5.74, 6) is 1.06. The summed E-state index contributed by atoms with van der Waals surface area (Å²) >= 11 is 1.27. The molecule has 5 heteroatoms. The van der Waals surface area contributed by atoms with Gasteiger partial charge >= 0.3 is 0 Å². The number of benzene rings is 2. The Kier molecular flexibility index (Phi) is 4.31. The van der Waals surface area contributed by atoms with Crippen LogP contribution in [-0.4, -0.2) is 18.3 Å². The zero-order valence-electron chi connectivity index (χ0n) is 11.3. The van der Waals surface area contributed by atoms with E-state index < -0.39 is 0 Å². The zero-order chi connectivity index (χ0) is 14.7. The van der Waals surface area contributed by atoms with E-state index in [4.69, 9.17) is 9.47 Å². The van der Waals surface area contributed by atoms with Crippen molar-refractivity contribution in [3.8, 4) is 11.5 Å². The van der Waals surface area contributed by atoms with Gasteiger partial charge in [0.15, 0.2) is 11.5 Å². The molecule has 1 heterocycles. The number of halogens is 1. The molecule has 0 saturated heterocycles. The number of fused-ring (bicyclic) bond motifs is 1. The molecule has 110 valence electrons. The van der Waals surface area contributed by atoms with Gasteiger partial charge in [0.25, 0.3) is 0 Å².